The number of ether oxygens (including phenoxy) is 1. The smallest absolute Gasteiger partial charge is 0.139 e. The van der Waals surface area contributed by atoms with Crippen molar-refractivity contribution in [2.75, 3.05) is 12.4 Å². The molecule has 0 aliphatic heterocycles. The molecule has 0 spiro atoms. The number of anilines is 2. The molecule has 0 atom stereocenters. The van der Waals surface area contributed by atoms with Crippen LogP contribution in [-0.4, -0.2) is 12.1 Å². The van der Waals surface area contributed by atoms with E-state index in [0.717, 1.165) is 20.3 Å². The Morgan fingerprint density at radius 2 is 2.00 bits per heavy atom. The van der Waals surface area contributed by atoms with Crippen molar-refractivity contribution < 1.29 is 4.74 Å². The number of hydrogen-bond acceptors (Lipinski definition) is 5. The molecule has 0 bridgehead atoms. The Balaban J connectivity index is 1.95. The normalized spacial score (nSPS) is 10.8. The van der Waals surface area contributed by atoms with Gasteiger partial charge in [0.05, 0.1) is 44.3 Å². The standard InChI is InChI=1S/C19H11Cl2N3OS/c1-25-15-7-14(12(20)6-13(15)21)24-17-10(8-22)9-23-18-11-4-2-3-5-16(11)26-19(17)18/h2-7,9H,1H3,(H,23,24). The third kappa shape index (κ3) is 2.73. The van der Waals surface area contributed by atoms with Gasteiger partial charge in [-0.25, -0.2) is 0 Å². The molecule has 0 fully saturated rings. The first-order valence-electron chi connectivity index (χ1n) is 7.62. The number of rotatable bonds is 3. The molecule has 0 amide bonds. The predicted octanol–water partition coefficient (Wildman–Crippen LogP) is 6.38. The first-order chi connectivity index (χ1) is 12.6. The van der Waals surface area contributed by atoms with Crippen molar-refractivity contribution in [2.24, 2.45) is 0 Å². The molecule has 0 aliphatic rings. The van der Waals surface area contributed by atoms with E-state index in [1.54, 1.807) is 29.7 Å². The molecular formula is C19H11Cl2N3OS. The van der Waals surface area contributed by atoms with Crippen molar-refractivity contribution in [3.05, 3.63) is 58.2 Å². The van der Waals surface area contributed by atoms with Gasteiger partial charge in [-0.2, -0.15) is 5.26 Å². The maximum absolute atomic E-state index is 9.54. The summed E-state index contributed by atoms with van der Waals surface area (Å²) in [6.07, 6.45) is 1.57. The third-order valence-corrected chi connectivity index (χ3v) is 5.80. The molecule has 4 nitrogen and oxygen atoms in total. The Labute approximate surface area is 163 Å². The number of pyridine rings is 1. The zero-order valence-corrected chi connectivity index (χ0v) is 15.8. The number of halogens is 2. The predicted molar refractivity (Wildman–Crippen MR) is 108 cm³/mol. The summed E-state index contributed by atoms with van der Waals surface area (Å²) in [5.74, 6) is 0.499. The van der Waals surface area contributed by atoms with Gasteiger partial charge >= 0.3 is 0 Å². The molecule has 7 heteroatoms. The monoisotopic (exact) mass is 399 g/mol. The number of nitrogens with zero attached hydrogens (tertiary/aromatic N) is 2. The van der Waals surface area contributed by atoms with Gasteiger partial charge < -0.3 is 10.1 Å². The minimum absolute atomic E-state index is 0.422. The molecule has 0 saturated carbocycles. The van der Waals surface area contributed by atoms with Crippen LogP contribution >= 0.6 is 34.5 Å². The molecule has 4 rings (SSSR count). The molecule has 0 radical (unpaired) electrons. The van der Waals surface area contributed by atoms with Crippen LogP contribution in [0.15, 0.2) is 42.6 Å². The van der Waals surface area contributed by atoms with E-state index in [2.05, 4.69) is 16.4 Å². The molecule has 0 unspecified atom stereocenters. The Morgan fingerprint density at radius 3 is 2.77 bits per heavy atom. The van der Waals surface area contributed by atoms with Crippen LogP contribution in [0.4, 0.5) is 11.4 Å². The Bertz CT molecular complexity index is 1200. The van der Waals surface area contributed by atoms with Crippen LogP contribution < -0.4 is 10.1 Å². The second-order valence-electron chi connectivity index (χ2n) is 5.53. The maximum Gasteiger partial charge on any atom is 0.139 e. The number of methoxy groups -OCH3 is 1. The Morgan fingerprint density at radius 1 is 1.19 bits per heavy atom. The zero-order valence-electron chi connectivity index (χ0n) is 13.5. The van der Waals surface area contributed by atoms with Crippen LogP contribution in [0.25, 0.3) is 20.3 Å². The van der Waals surface area contributed by atoms with Crippen molar-refractivity contribution in [3.63, 3.8) is 0 Å². The van der Waals surface area contributed by atoms with E-state index in [9.17, 15) is 5.26 Å². The van der Waals surface area contributed by atoms with Gasteiger partial charge in [0.2, 0.25) is 0 Å². The van der Waals surface area contributed by atoms with Crippen LogP contribution in [0.1, 0.15) is 5.56 Å². The Hall–Kier alpha value is -2.52. The molecule has 0 saturated heterocycles. The van der Waals surface area contributed by atoms with Gasteiger partial charge in [-0.15, -0.1) is 11.3 Å². The summed E-state index contributed by atoms with van der Waals surface area (Å²) < 4.78 is 7.27. The molecule has 2 heterocycles. The lowest BCUT2D eigenvalue weighted by atomic mass is 10.1. The van der Waals surface area contributed by atoms with E-state index >= 15 is 0 Å². The first-order valence-corrected chi connectivity index (χ1v) is 9.20. The van der Waals surface area contributed by atoms with Crippen LogP contribution in [0.3, 0.4) is 0 Å². The van der Waals surface area contributed by atoms with Crippen molar-refractivity contribution >= 4 is 66.2 Å². The molecule has 2 aromatic heterocycles. The fourth-order valence-electron chi connectivity index (χ4n) is 2.77. The number of nitrogens with one attached hydrogen (secondary N) is 1. The number of hydrogen-bond donors (Lipinski definition) is 1. The SMILES string of the molecule is COc1cc(Nc2c(C#N)cnc3c2sc2ccccc23)c(Cl)cc1Cl. The molecule has 2 aromatic carbocycles. The summed E-state index contributed by atoms with van der Waals surface area (Å²) in [5, 5.41) is 14.7. The van der Waals surface area contributed by atoms with Gasteiger partial charge in [-0.1, -0.05) is 41.4 Å². The first kappa shape index (κ1) is 16.9. The van der Waals surface area contributed by atoms with E-state index < -0.39 is 0 Å². The number of nitriles is 1. The quantitative estimate of drug-likeness (QED) is 0.434. The summed E-state index contributed by atoms with van der Waals surface area (Å²) in [7, 11) is 1.54. The van der Waals surface area contributed by atoms with Gasteiger partial charge in [-0.05, 0) is 12.1 Å². The summed E-state index contributed by atoms with van der Waals surface area (Å²) in [5.41, 5.74) is 2.57. The van der Waals surface area contributed by atoms with E-state index in [-0.39, 0.29) is 0 Å². The average Bonchev–Trinajstić information content (AvgIpc) is 3.03. The van der Waals surface area contributed by atoms with Crippen molar-refractivity contribution in [2.45, 2.75) is 0 Å². The number of aromatic nitrogens is 1. The van der Waals surface area contributed by atoms with Crippen LogP contribution in [-0.2, 0) is 0 Å². The number of thiophene rings is 1. The average molecular weight is 400 g/mol. The van der Waals surface area contributed by atoms with Gasteiger partial charge in [0.25, 0.3) is 0 Å². The van der Waals surface area contributed by atoms with Crippen LogP contribution in [0, 0.1) is 11.3 Å². The topological polar surface area (TPSA) is 57.9 Å². The van der Waals surface area contributed by atoms with E-state index in [1.165, 1.54) is 7.11 Å². The fourth-order valence-corrected chi connectivity index (χ4v) is 4.44. The molecule has 0 aliphatic carbocycles. The van der Waals surface area contributed by atoms with Crippen molar-refractivity contribution in [1.29, 1.82) is 5.26 Å². The lowest BCUT2D eigenvalue weighted by Gasteiger charge is -2.13. The van der Waals surface area contributed by atoms with Gasteiger partial charge in [0.15, 0.2) is 0 Å². The number of fused-ring (bicyclic) bond motifs is 3. The Kier molecular flexibility index (Phi) is 4.33. The highest BCUT2D eigenvalue weighted by Gasteiger charge is 2.16. The van der Waals surface area contributed by atoms with Crippen molar-refractivity contribution in [3.8, 4) is 11.8 Å². The summed E-state index contributed by atoms with van der Waals surface area (Å²) in [6, 6.07) is 13.5. The second kappa shape index (κ2) is 6.65. The molecule has 1 N–H and O–H groups in total. The van der Waals surface area contributed by atoms with E-state index in [1.807, 2.05) is 24.3 Å². The minimum atomic E-state index is 0.422. The van der Waals surface area contributed by atoms with Gasteiger partial charge in [-0.3, -0.25) is 4.98 Å². The highest BCUT2D eigenvalue weighted by molar-refractivity contribution is 7.26. The van der Waals surface area contributed by atoms with Gasteiger partial charge in [0.1, 0.15) is 11.8 Å². The highest BCUT2D eigenvalue weighted by atomic mass is 35.5. The van der Waals surface area contributed by atoms with Crippen molar-refractivity contribution in [1.82, 2.24) is 4.98 Å². The van der Waals surface area contributed by atoms with Crippen LogP contribution in [0.5, 0.6) is 5.75 Å². The lowest BCUT2D eigenvalue weighted by molar-refractivity contribution is 0.415. The van der Waals surface area contributed by atoms with Gasteiger partial charge in [0, 0.05) is 22.3 Å². The molecule has 4 aromatic rings. The fraction of sp³-hybridized carbons (Fsp3) is 0.0526. The molecular weight excluding hydrogens is 389 g/mol. The lowest BCUT2D eigenvalue weighted by Crippen LogP contribution is -1.97. The third-order valence-electron chi connectivity index (χ3n) is 4.01. The number of benzene rings is 2. The summed E-state index contributed by atoms with van der Waals surface area (Å²) in [6.45, 7) is 0. The zero-order chi connectivity index (χ0) is 18.3. The summed E-state index contributed by atoms with van der Waals surface area (Å²) in [4.78, 5) is 4.48. The maximum atomic E-state index is 9.54. The van der Waals surface area contributed by atoms with E-state index in [4.69, 9.17) is 27.9 Å². The summed E-state index contributed by atoms with van der Waals surface area (Å²) >= 11 is 14.0. The molecule has 26 heavy (non-hydrogen) atoms. The van der Waals surface area contributed by atoms with Crippen LogP contribution in [0.2, 0.25) is 10.0 Å². The minimum Gasteiger partial charge on any atom is -0.495 e. The van der Waals surface area contributed by atoms with E-state index in [0.29, 0.717) is 32.7 Å². The highest BCUT2D eigenvalue weighted by Crippen LogP contribution is 2.41. The molecule has 128 valence electrons. The second-order valence-corrected chi connectivity index (χ2v) is 7.39. The largest absolute Gasteiger partial charge is 0.495 e.